The number of carbonyl (C=O) groups excluding carboxylic acids is 1. The topological polar surface area (TPSA) is 151 Å². The molecule has 2 aromatic rings. The highest BCUT2D eigenvalue weighted by Crippen LogP contribution is 2.44. The Hall–Kier alpha value is -3.22. The van der Waals surface area contributed by atoms with Crippen molar-refractivity contribution in [1.29, 1.82) is 0 Å². The molecule has 1 fully saturated rings. The summed E-state index contributed by atoms with van der Waals surface area (Å²) in [6.45, 7) is 6.95. The molecule has 252 valence electrons. The van der Waals surface area contributed by atoms with Crippen LogP contribution in [0.15, 0.2) is 42.5 Å². The largest absolute Gasteiger partial charge is 0.508 e. The number of amides is 1. The van der Waals surface area contributed by atoms with E-state index in [0.29, 0.717) is 30.2 Å². The van der Waals surface area contributed by atoms with Crippen molar-refractivity contribution in [3.05, 3.63) is 64.2 Å². The lowest BCUT2D eigenvalue weighted by Crippen LogP contribution is -2.54. The zero-order chi connectivity index (χ0) is 33.9. The molecule has 1 saturated heterocycles. The highest BCUT2D eigenvalue weighted by Gasteiger charge is 2.44. The summed E-state index contributed by atoms with van der Waals surface area (Å²) in [5, 5.41) is 40.4. The van der Waals surface area contributed by atoms with Gasteiger partial charge in [-0.2, -0.15) is 0 Å². The van der Waals surface area contributed by atoms with Gasteiger partial charge in [0.25, 0.3) is 0 Å². The summed E-state index contributed by atoms with van der Waals surface area (Å²) in [4.78, 5) is 43.0. The van der Waals surface area contributed by atoms with Gasteiger partial charge in [-0.25, -0.2) is 4.79 Å². The third kappa shape index (κ3) is 8.38. The Labute approximate surface area is 275 Å². The molecule has 2 aliphatic heterocycles. The number of aliphatic hydroxyl groups is 1. The monoisotopic (exact) mass is 659 g/mol. The number of likely N-dealkylation sites (tertiary alicyclic amines) is 1. The van der Waals surface area contributed by atoms with Crippen molar-refractivity contribution in [2.75, 3.05) is 46.8 Å². The fourth-order valence-corrected chi connectivity index (χ4v) is 6.67. The molecule has 1 spiro atoms. The molecule has 0 saturated carbocycles. The number of halogens is 1. The zero-order valence-corrected chi connectivity index (χ0v) is 27.8. The maximum absolute atomic E-state index is 13.8. The number of rotatable bonds is 14. The number of likely N-dealkylation sites (N-methyl/N-ethyl adjacent to an activating group) is 1. The van der Waals surface area contributed by atoms with Crippen LogP contribution in [0.1, 0.15) is 56.2 Å². The number of nitrogens with zero attached hydrogens (tertiary/aromatic N) is 3. The van der Waals surface area contributed by atoms with E-state index in [2.05, 4.69) is 17.0 Å². The standard InChI is InChI=1S/C34H46ClN3O8/c1-32(2,36(3)4)22-38(29(40)17-33(45,31(43)44)18-30(41)42)20-23(15-25-16-26(39)9-10-28(25)35)19-37-13-11-34(12-14-37)27-8-6-5-7-24(27)21-46-34/h5-10,16,23,39,45H,11-15,17-22H2,1-4H3,(H,41,42)(H,43,44). The summed E-state index contributed by atoms with van der Waals surface area (Å²) in [5.41, 5.74) is -0.448. The fourth-order valence-electron chi connectivity index (χ4n) is 6.48. The first-order valence-electron chi connectivity index (χ1n) is 15.6. The molecule has 0 bridgehead atoms. The second-order valence-corrected chi connectivity index (χ2v) is 14.1. The van der Waals surface area contributed by atoms with E-state index in [1.807, 2.05) is 45.0 Å². The van der Waals surface area contributed by atoms with Crippen LogP contribution in [-0.2, 0) is 37.7 Å². The van der Waals surface area contributed by atoms with Crippen LogP contribution in [0.3, 0.4) is 0 Å². The number of carboxylic acid groups (broad SMARTS) is 2. The number of hydrogen-bond donors (Lipinski definition) is 4. The Balaban J connectivity index is 1.60. The average molecular weight is 660 g/mol. The van der Waals surface area contributed by atoms with Crippen LogP contribution in [-0.4, -0.2) is 111 Å². The van der Waals surface area contributed by atoms with Gasteiger partial charge in [-0.05, 0) is 88.0 Å². The Morgan fingerprint density at radius 2 is 1.74 bits per heavy atom. The van der Waals surface area contributed by atoms with Crippen molar-refractivity contribution in [2.24, 2.45) is 5.92 Å². The molecule has 2 atom stereocenters. The number of piperidine rings is 1. The number of benzene rings is 2. The van der Waals surface area contributed by atoms with Gasteiger partial charge in [-0.3, -0.25) is 9.59 Å². The Kier molecular flexibility index (Phi) is 11.1. The lowest BCUT2D eigenvalue weighted by Gasteiger charge is -2.42. The lowest BCUT2D eigenvalue weighted by atomic mass is 9.83. The van der Waals surface area contributed by atoms with Gasteiger partial charge >= 0.3 is 11.9 Å². The Bertz CT molecular complexity index is 1420. The summed E-state index contributed by atoms with van der Waals surface area (Å²) < 4.78 is 6.35. The van der Waals surface area contributed by atoms with Gasteiger partial charge in [0, 0.05) is 43.3 Å². The zero-order valence-electron chi connectivity index (χ0n) is 27.0. The van der Waals surface area contributed by atoms with Gasteiger partial charge in [0.05, 0.1) is 25.0 Å². The molecule has 2 aromatic carbocycles. The van der Waals surface area contributed by atoms with Gasteiger partial charge < -0.3 is 39.9 Å². The summed E-state index contributed by atoms with van der Waals surface area (Å²) in [7, 11) is 3.75. The molecular formula is C34H46ClN3O8. The highest BCUT2D eigenvalue weighted by molar-refractivity contribution is 6.31. The van der Waals surface area contributed by atoms with Crippen molar-refractivity contribution in [2.45, 2.75) is 69.3 Å². The second kappa shape index (κ2) is 14.3. The van der Waals surface area contributed by atoms with Crippen LogP contribution >= 0.6 is 11.6 Å². The molecule has 46 heavy (non-hydrogen) atoms. The van der Waals surface area contributed by atoms with E-state index in [0.717, 1.165) is 25.9 Å². The van der Waals surface area contributed by atoms with E-state index in [-0.39, 0.29) is 30.4 Å². The van der Waals surface area contributed by atoms with Gasteiger partial charge in [0.1, 0.15) is 5.75 Å². The van der Waals surface area contributed by atoms with Crippen molar-refractivity contribution < 1.29 is 39.5 Å². The lowest BCUT2D eigenvalue weighted by molar-refractivity contribution is -0.169. The number of aromatic hydroxyl groups is 1. The minimum atomic E-state index is -2.76. The van der Waals surface area contributed by atoms with E-state index in [1.165, 1.54) is 22.1 Å². The smallest absolute Gasteiger partial charge is 0.336 e. The molecule has 1 amide bonds. The van der Waals surface area contributed by atoms with Crippen LogP contribution in [0.4, 0.5) is 0 Å². The van der Waals surface area contributed by atoms with E-state index < -0.39 is 41.8 Å². The third-order valence-electron chi connectivity index (χ3n) is 9.64. The van der Waals surface area contributed by atoms with E-state index in [9.17, 15) is 34.8 Å². The average Bonchev–Trinajstić information content (AvgIpc) is 3.33. The number of carboxylic acids is 2. The fraction of sp³-hybridized carbons (Fsp3) is 0.559. The number of hydrogen-bond acceptors (Lipinski definition) is 8. The SMILES string of the molecule is CN(C)C(C)(C)CN(CC(Cc1cc(O)ccc1Cl)CN1CCC2(CC1)OCc1ccccc12)C(=O)CC(O)(CC(=O)O)C(=O)O. The van der Waals surface area contributed by atoms with Gasteiger partial charge in [0.2, 0.25) is 5.91 Å². The predicted molar refractivity (Wildman–Crippen MR) is 173 cm³/mol. The normalized spacial score (nSPS) is 18.2. The Morgan fingerprint density at radius 3 is 2.37 bits per heavy atom. The van der Waals surface area contributed by atoms with Gasteiger partial charge in [0.15, 0.2) is 5.60 Å². The Morgan fingerprint density at radius 1 is 1.07 bits per heavy atom. The van der Waals surface area contributed by atoms with Gasteiger partial charge in [-0.1, -0.05) is 35.9 Å². The summed E-state index contributed by atoms with van der Waals surface area (Å²) in [5.74, 6) is -4.09. The molecule has 4 rings (SSSR count). The minimum Gasteiger partial charge on any atom is -0.508 e. The summed E-state index contributed by atoms with van der Waals surface area (Å²) >= 11 is 6.55. The molecule has 0 aromatic heterocycles. The number of ether oxygens (including phenoxy) is 1. The molecule has 2 heterocycles. The first-order valence-corrected chi connectivity index (χ1v) is 16.0. The van der Waals surface area contributed by atoms with Crippen molar-refractivity contribution >= 4 is 29.4 Å². The molecule has 11 nitrogen and oxygen atoms in total. The van der Waals surface area contributed by atoms with Crippen LogP contribution in [0, 0.1) is 5.92 Å². The number of fused-ring (bicyclic) bond motifs is 2. The first kappa shape index (κ1) is 35.6. The second-order valence-electron chi connectivity index (χ2n) is 13.7. The highest BCUT2D eigenvalue weighted by atomic mass is 35.5. The molecule has 2 aliphatic rings. The van der Waals surface area contributed by atoms with Gasteiger partial charge in [-0.15, -0.1) is 0 Å². The van der Waals surface area contributed by atoms with Crippen LogP contribution in [0.25, 0.3) is 0 Å². The molecular weight excluding hydrogens is 614 g/mol. The van der Waals surface area contributed by atoms with Crippen LogP contribution in [0.5, 0.6) is 5.75 Å². The number of aliphatic carboxylic acids is 2. The van der Waals surface area contributed by atoms with E-state index in [1.54, 1.807) is 12.1 Å². The third-order valence-corrected chi connectivity index (χ3v) is 10.0. The number of phenolic OH excluding ortho intramolecular Hbond substituents is 1. The molecule has 2 unspecified atom stereocenters. The maximum atomic E-state index is 13.8. The molecule has 12 heteroatoms. The summed E-state index contributed by atoms with van der Waals surface area (Å²) in [6, 6.07) is 13.1. The molecule has 0 radical (unpaired) electrons. The van der Waals surface area contributed by atoms with Crippen LogP contribution in [0.2, 0.25) is 5.02 Å². The number of phenols is 1. The first-order chi connectivity index (χ1) is 21.5. The number of carbonyl (C=O) groups is 3. The van der Waals surface area contributed by atoms with Crippen molar-refractivity contribution in [1.82, 2.24) is 14.7 Å². The maximum Gasteiger partial charge on any atom is 0.336 e. The minimum absolute atomic E-state index is 0.0666. The summed E-state index contributed by atoms with van der Waals surface area (Å²) in [6.07, 6.45) is 0.0307. The quantitative estimate of drug-likeness (QED) is 0.237. The molecule has 0 aliphatic carbocycles. The van der Waals surface area contributed by atoms with E-state index >= 15 is 0 Å². The van der Waals surface area contributed by atoms with Crippen LogP contribution < -0.4 is 0 Å². The van der Waals surface area contributed by atoms with Crippen molar-refractivity contribution in [3.8, 4) is 5.75 Å². The predicted octanol–water partition coefficient (Wildman–Crippen LogP) is 3.58. The van der Waals surface area contributed by atoms with E-state index in [4.69, 9.17) is 16.3 Å². The molecule has 4 N–H and O–H groups in total. The van der Waals surface area contributed by atoms with Crippen molar-refractivity contribution in [3.63, 3.8) is 0 Å².